The van der Waals surface area contributed by atoms with Gasteiger partial charge in [-0.25, -0.2) is 9.59 Å². The van der Waals surface area contributed by atoms with Crippen LogP contribution in [0.3, 0.4) is 0 Å². The zero-order valence-corrected chi connectivity index (χ0v) is 6.82. The van der Waals surface area contributed by atoms with Crippen molar-refractivity contribution in [3.8, 4) is 0 Å². The highest BCUT2D eigenvalue weighted by Crippen LogP contribution is 2.06. The van der Waals surface area contributed by atoms with Gasteiger partial charge in [0.25, 0.3) is 0 Å². The number of carbonyl (C=O) groups is 2. The molecule has 2 N–H and O–H groups in total. The molecule has 0 saturated carbocycles. The molecule has 1 fully saturated rings. The van der Waals surface area contributed by atoms with Gasteiger partial charge in [0, 0.05) is 0 Å². The molecule has 0 aliphatic carbocycles. The number of esters is 1. The lowest BCUT2D eigenvalue weighted by molar-refractivity contribution is -0.141. The summed E-state index contributed by atoms with van der Waals surface area (Å²) in [5.41, 5.74) is 4.85. The Morgan fingerprint density at radius 1 is 1.77 bits per heavy atom. The normalized spacial score (nSPS) is 20.3. The second kappa shape index (κ2) is 3.79. The van der Waals surface area contributed by atoms with E-state index in [0.717, 1.165) is 0 Å². The molecule has 0 aromatic heterocycles. The van der Waals surface area contributed by atoms with Crippen molar-refractivity contribution >= 4 is 12.1 Å². The maximum absolute atomic E-state index is 10.8. The van der Waals surface area contributed by atoms with Crippen LogP contribution in [0.5, 0.6) is 0 Å². The van der Waals surface area contributed by atoms with E-state index in [1.165, 1.54) is 0 Å². The monoisotopic (exact) mass is 187 g/mol. The van der Waals surface area contributed by atoms with Crippen LogP contribution in [0.15, 0.2) is 12.3 Å². The first-order chi connectivity index (χ1) is 6.09. The molecule has 0 aromatic carbocycles. The van der Waals surface area contributed by atoms with Crippen LogP contribution >= 0.6 is 0 Å². The van der Waals surface area contributed by atoms with Gasteiger partial charge in [-0.3, -0.25) is 0 Å². The maximum Gasteiger partial charge on any atom is 0.508 e. The van der Waals surface area contributed by atoms with Gasteiger partial charge >= 0.3 is 12.1 Å². The van der Waals surface area contributed by atoms with E-state index in [1.807, 2.05) is 0 Å². The minimum Gasteiger partial charge on any atom is -0.457 e. The van der Waals surface area contributed by atoms with E-state index in [9.17, 15) is 9.59 Å². The first-order valence-electron chi connectivity index (χ1n) is 3.54. The highest BCUT2D eigenvalue weighted by molar-refractivity contribution is 5.86. The molecule has 0 aromatic rings. The third-order valence-corrected chi connectivity index (χ3v) is 1.31. The van der Waals surface area contributed by atoms with E-state index in [4.69, 9.17) is 5.73 Å². The largest absolute Gasteiger partial charge is 0.508 e. The zero-order valence-electron chi connectivity index (χ0n) is 6.82. The fourth-order valence-corrected chi connectivity index (χ4v) is 0.709. The molecule has 6 nitrogen and oxygen atoms in total. The van der Waals surface area contributed by atoms with Crippen molar-refractivity contribution in [2.45, 2.75) is 6.10 Å². The summed E-state index contributed by atoms with van der Waals surface area (Å²) in [6, 6.07) is 0. The van der Waals surface area contributed by atoms with Crippen LogP contribution in [0.1, 0.15) is 0 Å². The number of rotatable bonds is 3. The Hall–Kier alpha value is -1.72. The molecule has 0 bridgehead atoms. The van der Waals surface area contributed by atoms with Gasteiger partial charge in [0.05, 0.1) is 0 Å². The molecule has 72 valence electrons. The Bertz CT molecular complexity index is 249. The molecule has 1 aliphatic rings. The van der Waals surface area contributed by atoms with Crippen LogP contribution in [0.2, 0.25) is 0 Å². The lowest BCUT2D eigenvalue weighted by atomic mass is 10.4. The molecule has 13 heavy (non-hydrogen) atoms. The highest BCUT2D eigenvalue weighted by Gasteiger charge is 2.26. The van der Waals surface area contributed by atoms with Gasteiger partial charge < -0.3 is 19.9 Å². The van der Waals surface area contributed by atoms with E-state index in [-0.39, 0.29) is 18.9 Å². The summed E-state index contributed by atoms with van der Waals surface area (Å²) in [5, 5.41) is 0. The van der Waals surface area contributed by atoms with Crippen molar-refractivity contribution in [1.29, 1.82) is 0 Å². The molecular weight excluding hydrogens is 178 g/mol. The highest BCUT2D eigenvalue weighted by atomic mass is 16.8. The fraction of sp³-hybridized carbons (Fsp3) is 0.429. The molecule has 0 amide bonds. The van der Waals surface area contributed by atoms with E-state index in [2.05, 4.69) is 20.8 Å². The van der Waals surface area contributed by atoms with E-state index < -0.39 is 18.2 Å². The van der Waals surface area contributed by atoms with Crippen LogP contribution < -0.4 is 5.73 Å². The molecule has 1 atom stereocenters. The fourth-order valence-electron chi connectivity index (χ4n) is 0.709. The quantitative estimate of drug-likeness (QED) is 0.475. The van der Waals surface area contributed by atoms with Gasteiger partial charge in [-0.15, -0.1) is 0 Å². The summed E-state index contributed by atoms with van der Waals surface area (Å²) in [5.74, 6) is -0.719. The third kappa shape index (κ3) is 2.66. The molecule has 0 radical (unpaired) electrons. The smallest absolute Gasteiger partial charge is 0.457 e. The third-order valence-electron chi connectivity index (χ3n) is 1.31. The average molecular weight is 187 g/mol. The van der Waals surface area contributed by atoms with Gasteiger partial charge in [0.2, 0.25) is 0 Å². The van der Waals surface area contributed by atoms with Crippen LogP contribution in [0.25, 0.3) is 0 Å². The molecule has 6 heteroatoms. The van der Waals surface area contributed by atoms with Crippen molar-refractivity contribution in [2.24, 2.45) is 5.73 Å². The van der Waals surface area contributed by atoms with Gasteiger partial charge in [-0.1, -0.05) is 6.58 Å². The van der Waals surface area contributed by atoms with E-state index in [0.29, 0.717) is 0 Å². The van der Waals surface area contributed by atoms with E-state index >= 15 is 0 Å². The number of hydrogen-bond donors (Lipinski definition) is 1. The summed E-state index contributed by atoms with van der Waals surface area (Å²) in [6.45, 7) is 3.20. The summed E-state index contributed by atoms with van der Waals surface area (Å²) in [6.07, 6.45) is -1.30. The van der Waals surface area contributed by atoms with Crippen molar-refractivity contribution < 1.29 is 23.8 Å². The predicted molar refractivity (Wildman–Crippen MR) is 40.5 cm³/mol. The minimum absolute atomic E-state index is 0.0687. The van der Waals surface area contributed by atoms with Gasteiger partial charge in [-0.2, -0.15) is 0 Å². The van der Waals surface area contributed by atoms with Gasteiger partial charge in [-0.05, 0) is 0 Å². The Balaban J connectivity index is 2.23. The topological polar surface area (TPSA) is 87.9 Å². The molecular formula is C7H9NO5. The standard InChI is InChI=1S/C7H9NO5/c1-4(8)6(9)11-2-5-3-12-7(10)13-5/h5H,1-3,8H2. The number of cyclic esters (lactones) is 2. The summed E-state index contributed by atoms with van der Waals surface area (Å²) >= 11 is 0. The van der Waals surface area contributed by atoms with E-state index in [1.54, 1.807) is 0 Å². The Labute approximate surface area is 74.2 Å². The molecule has 1 rings (SSSR count). The van der Waals surface area contributed by atoms with Crippen LogP contribution in [-0.2, 0) is 19.0 Å². The van der Waals surface area contributed by atoms with Crippen LogP contribution in [0.4, 0.5) is 4.79 Å². The SMILES string of the molecule is C=C(N)C(=O)OCC1COC(=O)O1. The lowest BCUT2D eigenvalue weighted by Gasteiger charge is -2.06. The predicted octanol–water partition coefficient (Wildman–Crippen LogP) is -0.463. The van der Waals surface area contributed by atoms with Crippen LogP contribution in [-0.4, -0.2) is 31.4 Å². The Morgan fingerprint density at radius 3 is 2.92 bits per heavy atom. The van der Waals surface area contributed by atoms with Crippen LogP contribution in [0, 0.1) is 0 Å². The molecule has 1 saturated heterocycles. The van der Waals surface area contributed by atoms with Crippen molar-refractivity contribution in [2.75, 3.05) is 13.2 Å². The molecule has 1 heterocycles. The number of hydrogen-bond acceptors (Lipinski definition) is 6. The lowest BCUT2D eigenvalue weighted by Crippen LogP contribution is -2.23. The van der Waals surface area contributed by atoms with Gasteiger partial charge in [0.15, 0.2) is 6.10 Å². The first-order valence-corrected chi connectivity index (χ1v) is 3.54. The van der Waals surface area contributed by atoms with Crippen molar-refractivity contribution in [3.05, 3.63) is 12.3 Å². The second-order valence-corrected chi connectivity index (χ2v) is 2.42. The first kappa shape index (κ1) is 9.37. The van der Waals surface area contributed by atoms with Gasteiger partial charge in [0.1, 0.15) is 18.9 Å². The molecule has 1 aliphatic heterocycles. The molecule has 0 spiro atoms. The number of nitrogens with two attached hydrogens (primary N) is 1. The number of carbonyl (C=O) groups excluding carboxylic acids is 2. The van der Waals surface area contributed by atoms with Crippen molar-refractivity contribution in [1.82, 2.24) is 0 Å². The second-order valence-electron chi connectivity index (χ2n) is 2.42. The number of ether oxygens (including phenoxy) is 3. The Kier molecular flexibility index (Phi) is 2.73. The van der Waals surface area contributed by atoms with Crippen molar-refractivity contribution in [3.63, 3.8) is 0 Å². The minimum atomic E-state index is -0.757. The Morgan fingerprint density at radius 2 is 2.46 bits per heavy atom. The summed E-state index contributed by atoms with van der Waals surface area (Å²) in [7, 11) is 0. The summed E-state index contributed by atoms with van der Waals surface area (Å²) < 4.78 is 13.6. The summed E-state index contributed by atoms with van der Waals surface area (Å²) in [4.78, 5) is 21.2. The average Bonchev–Trinajstić information content (AvgIpc) is 2.47. The zero-order chi connectivity index (χ0) is 9.84. The maximum atomic E-state index is 10.8. The molecule has 1 unspecified atom stereocenters.